The molecule has 2 aromatic rings. The number of halogens is 2. The summed E-state index contributed by atoms with van der Waals surface area (Å²) in [7, 11) is 0. The van der Waals surface area contributed by atoms with E-state index in [0.717, 1.165) is 0 Å². The van der Waals surface area contributed by atoms with E-state index in [2.05, 4.69) is 20.6 Å². The lowest BCUT2D eigenvalue weighted by atomic mass is 9.92. The molecule has 0 aliphatic carbocycles. The Kier molecular flexibility index (Phi) is 5.44. The van der Waals surface area contributed by atoms with Crippen molar-refractivity contribution in [3.8, 4) is 0 Å². The first-order chi connectivity index (χ1) is 13.9. The van der Waals surface area contributed by atoms with Crippen molar-refractivity contribution in [1.82, 2.24) is 9.97 Å². The first-order valence-electron chi connectivity index (χ1n) is 8.97. The monoisotopic (exact) mass is 436 g/mol. The molecule has 4 rings (SSSR count). The number of hydrogen-bond acceptors (Lipinski definition) is 7. The van der Waals surface area contributed by atoms with Crippen LogP contribution in [0.25, 0.3) is 0 Å². The summed E-state index contributed by atoms with van der Waals surface area (Å²) in [6, 6.07) is 4.69. The third kappa shape index (κ3) is 4.21. The van der Waals surface area contributed by atoms with Gasteiger partial charge in [0.25, 0.3) is 0 Å². The quantitative estimate of drug-likeness (QED) is 0.673. The Labute approximate surface area is 176 Å². The van der Waals surface area contributed by atoms with Gasteiger partial charge in [0.15, 0.2) is 0 Å². The Morgan fingerprint density at radius 3 is 2.59 bits per heavy atom. The molecule has 1 aromatic heterocycles. The Hall–Kier alpha value is -2.62. The number of anilines is 4. The summed E-state index contributed by atoms with van der Waals surface area (Å²) < 4.78 is 5.33. The van der Waals surface area contributed by atoms with E-state index in [9.17, 15) is 9.59 Å². The highest BCUT2D eigenvalue weighted by molar-refractivity contribution is 6.35. The molecule has 9 nitrogen and oxygen atoms in total. The Balaban J connectivity index is 1.64. The number of ether oxygens (including phenoxy) is 1. The topological polar surface area (TPSA) is 122 Å². The van der Waals surface area contributed by atoms with Gasteiger partial charge in [0, 0.05) is 35.2 Å². The maximum absolute atomic E-state index is 12.9. The summed E-state index contributed by atoms with van der Waals surface area (Å²) in [5.74, 6) is -0.787. The van der Waals surface area contributed by atoms with E-state index in [1.165, 1.54) is 0 Å². The van der Waals surface area contributed by atoms with E-state index in [4.69, 9.17) is 33.7 Å². The molecule has 1 fully saturated rings. The summed E-state index contributed by atoms with van der Waals surface area (Å²) >= 11 is 12.0. The number of carbonyl (C=O) groups is 2. The number of morpholine rings is 1. The lowest BCUT2D eigenvalue weighted by Crippen LogP contribution is -2.38. The van der Waals surface area contributed by atoms with Crippen LogP contribution in [0.15, 0.2) is 18.2 Å². The predicted molar refractivity (Wildman–Crippen MR) is 111 cm³/mol. The van der Waals surface area contributed by atoms with Crippen molar-refractivity contribution in [2.75, 3.05) is 47.6 Å². The molecular weight excluding hydrogens is 419 g/mol. The molecule has 0 saturated carbocycles. The molecule has 29 heavy (non-hydrogen) atoms. The summed E-state index contributed by atoms with van der Waals surface area (Å²) in [5.41, 5.74) is 7.00. The molecule has 152 valence electrons. The van der Waals surface area contributed by atoms with Crippen LogP contribution in [0.4, 0.5) is 23.3 Å². The lowest BCUT2D eigenvalue weighted by molar-refractivity contribution is -0.123. The Bertz CT molecular complexity index is 960. The molecule has 0 radical (unpaired) electrons. The van der Waals surface area contributed by atoms with Crippen molar-refractivity contribution in [2.45, 2.75) is 12.3 Å². The van der Waals surface area contributed by atoms with Crippen LogP contribution in [-0.4, -0.2) is 48.1 Å². The standard InChI is InChI=1S/C18H18Cl2N6O3/c19-9-5-10(20)7-11(6-9)22-17(28)12-8-13(27)23-16-14(12)15(21)24-18(25-16)26-1-3-29-4-2-26/h5-7,12H,1-4,8H2,(H,22,28)(H3,21,23,24,25,27). The van der Waals surface area contributed by atoms with Crippen LogP contribution in [0.1, 0.15) is 17.9 Å². The van der Waals surface area contributed by atoms with Crippen LogP contribution in [0, 0.1) is 0 Å². The average molecular weight is 437 g/mol. The van der Waals surface area contributed by atoms with Gasteiger partial charge in [0.05, 0.1) is 24.7 Å². The van der Waals surface area contributed by atoms with Crippen LogP contribution in [0.2, 0.25) is 10.0 Å². The maximum atomic E-state index is 12.9. The number of aromatic nitrogens is 2. The van der Waals surface area contributed by atoms with Gasteiger partial charge in [0.2, 0.25) is 17.8 Å². The molecule has 0 spiro atoms. The summed E-state index contributed by atoms with van der Waals surface area (Å²) in [4.78, 5) is 35.9. The zero-order chi connectivity index (χ0) is 20.5. The van der Waals surface area contributed by atoms with E-state index in [1.54, 1.807) is 18.2 Å². The molecule has 1 aromatic carbocycles. The highest BCUT2D eigenvalue weighted by Crippen LogP contribution is 2.37. The molecule has 3 heterocycles. The van der Waals surface area contributed by atoms with Gasteiger partial charge in [0.1, 0.15) is 11.6 Å². The maximum Gasteiger partial charge on any atom is 0.232 e. The van der Waals surface area contributed by atoms with Gasteiger partial charge in [-0.3, -0.25) is 9.59 Å². The smallest absolute Gasteiger partial charge is 0.232 e. The third-order valence-electron chi connectivity index (χ3n) is 4.70. The number of fused-ring (bicyclic) bond motifs is 1. The average Bonchev–Trinajstić information content (AvgIpc) is 2.66. The molecular formula is C18H18Cl2N6O3. The first-order valence-corrected chi connectivity index (χ1v) is 9.73. The molecule has 1 unspecified atom stereocenters. The van der Waals surface area contributed by atoms with Crippen molar-refractivity contribution in [3.63, 3.8) is 0 Å². The SMILES string of the molecule is Nc1nc(N2CCOCC2)nc2c1C(C(=O)Nc1cc(Cl)cc(Cl)c1)CC(=O)N2. The fourth-order valence-corrected chi connectivity index (χ4v) is 3.89. The van der Waals surface area contributed by atoms with E-state index in [0.29, 0.717) is 53.5 Å². The Morgan fingerprint density at radius 2 is 1.90 bits per heavy atom. The fourth-order valence-electron chi connectivity index (χ4n) is 3.37. The van der Waals surface area contributed by atoms with Gasteiger partial charge in [-0.1, -0.05) is 23.2 Å². The molecule has 4 N–H and O–H groups in total. The van der Waals surface area contributed by atoms with Crippen LogP contribution in [-0.2, 0) is 14.3 Å². The number of amides is 2. The minimum atomic E-state index is -0.838. The molecule has 2 aliphatic heterocycles. The molecule has 2 aliphatic rings. The number of carbonyl (C=O) groups excluding carboxylic acids is 2. The van der Waals surface area contributed by atoms with Crippen LogP contribution in [0.5, 0.6) is 0 Å². The van der Waals surface area contributed by atoms with Gasteiger partial charge in [-0.25, -0.2) is 0 Å². The number of nitrogen functional groups attached to an aromatic ring is 1. The van der Waals surface area contributed by atoms with Gasteiger partial charge in [-0.05, 0) is 18.2 Å². The van der Waals surface area contributed by atoms with E-state index in [-0.39, 0.29) is 24.0 Å². The molecule has 1 atom stereocenters. The number of benzene rings is 1. The summed E-state index contributed by atoms with van der Waals surface area (Å²) in [5, 5.41) is 6.20. The molecule has 11 heteroatoms. The van der Waals surface area contributed by atoms with Crippen LogP contribution >= 0.6 is 23.2 Å². The van der Waals surface area contributed by atoms with Gasteiger partial charge < -0.3 is 26.0 Å². The van der Waals surface area contributed by atoms with Crippen molar-refractivity contribution in [2.24, 2.45) is 0 Å². The van der Waals surface area contributed by atoms with Crippen molar-refractivity contribution >= 4 is 58.3 Å². The van der Waals surface area contributed by atoms with E-state index in [1.807, 2.05) is 4.90 Å². The molecule has 1 saturated heterocycles. The largest absolute Gasteiger partial charge is 0.383 e. The lowest BCUT2D eigenvalue weighted by Gasteiger charge is -2.30. The summed E-state index contributed by atoms with van der Waals surface area (Å²) in [6.07, 6.45) is -0.0718. The van der Waals surface area contributed by atoms with Crippen molar-refractivity contribution < 1.29 is 14.3 Å². The first kappa shape index (κ1) is 19.7. The number of rotatable bonds is 3. The van der Waals surface area contributed by atoms with E-state index < -0.39 is 11.8 Å². The number of nitrogens with two attached hydrogens (primary N) is 1. The number of nitrogens with zero attached hydrogens (tertiary/aromatic N) is 3. The van der Waals surface area contributed by atoms with Gasteiger partial charge in [-0.15, -0.1) is 0 Å². The Morgan fingerprint density at radius 1 is 1.21 bits per heavy atom. The predicted octanol–water partition coefficient (Wildman–Crippen LogP) is 2.27. The minimum absolute atomic E-state index is 0.0718. The summed E-state index contributed by atoms with van der Waals surface area (Å²) in [6.45, 7) is 2.34. The van der Waals surface area contributed by atoms with E-state index >= 15 is 0 Å². The third-order valence-corrected chi connectivity index (χ3v) is 5.14. The van der Waals surface area contributed by atoms with Crippen molar-refractivity contribution in [3.05, 3.63) is 33.8 Å². The highest BCUT2D eigenvalue weighted by Gasteiger charge is 2.35. The van der Waals surface area contributed by atoms with Crippen LogP contribution < -0.4 is 21.3 Å². The zero-order valence-corrected chi connectivity index (χ0v) is 16.8. The second kappa shape index (κ2) is 8.02. The van der Waals surface area contributed by atoms with Crippen LogP contribution in [0.3, 0.4) is 0 Å². The van der Waals surface area contributed by atoms with Gasteiger partial charge in [-0.2, -0.15) is 9.97 Å². The number of hydrogen-bond donors (Lipinski definition) is 3. The highest BCUT2D eigenvalue weighted by atomic mass is 35.5. The zero-order valence-electron chi connectivity index (χ0n) is 15.2. The normalized spacial score (nSPS) is 18.8. The van der Waals surface area contributed by atoms with Crippen molar-refractivity contribution in [1.29, 1.82) is 0 Å². The molecule has 2 amide bonds. The van der Waals surface area contributed by atoms with Gasteiger partial charge >= 0.3 is 0 Å². The second-order valence-electron chi connectivity index (χ2n) is 6.72. The fraction of sp³-hybridized carbons (Fsp3) is 0.333. The minimum Gasteiger partial charge on any atom is -0.383 e. The second-order valence-corrected chi connectivity index (χ2v) is 7.60. The molecule has 0 bridgehead atoms. The number of nitrogens with one attached hydrogen (secondary N) is 2.